The minimum Gasteiger partial charge on any atom is -0.487 e. The van der Waals surface area contributed by atoms with Crippen molar-refractivity contribution in [3.05, 3.63) is 51.7 Å². The lowest BCUT2D eigenvalue weighted by atomic mass is 10.2. The van der Waals surface area contributed by atoms with Crippen molar-refractivity contribution in [2.75, 3.05) is 0 Å². The number of halogens is 2. The van der Waals surface area contributed by atoms with Crippen molar-refractivity contribution in [2.24, 2.45) is 0 Å². The molecule has 94 valence electrons. The predicted octanol–water partition coefficient (Wildman–Crippen LogP) is 3.30. The van der Waals surface area contributed by atoms with E-state index in [2.05, 4.69) is 0 Å². The number of ether oxygens (including phenoxy) is 1. The second-order valence-corrected chi connectivity index (χ2v) is 4.36. The van der Waals surface area contributed by atoms with Crippen molar-refractivity contribution in [1.29, 1.82) is 0 Å². The summed E-state index contributed by atoms with van der Waals surface area (Å²) < 4.78 is 31.2. The molecule has 2 rings (SSSR count). The first-order valence-electron chi connectivity index (χ1n) is 4.95. The molecule has 0 fully saturated rings. The largest absolute Gasteiger partial charge is 0.487 e. The predicted molar refractivity (Wildman–Crippen MR) is 62.0 cm³/mol. The van der Waals surface area contributed by atoms with Crippen molar-refractivity contribution < 1.29 is 23.4 Å². The smallest absolute Gasteiger partial charge is 0.349 e. The highest BCUT2D eigenvalue weighted by Gasteiger charge is 2.13. The first kappa shape index (κ1) is 12.5. The monoisotopic (exact) mass is 270 g/mol. The molecular formula is C12H8F2O3S. The Morgan fingerprint density at radius 1 is 1.33 bits per heavy atom. The number of carboxylic acids is 1. The van der Waals surface area contributed by atoms with Crippen LogP contribution in [0.1, 0.15) is 15.2 Å². The summed E-state index contributed by atoms with van der Waals surface area (Å²) in [5.74, 6) is -2.31. The van der Waals surface area contributed by atoms with Gasteiger partial charge in [-0.25, -0.2) is 13.6 Å². The van der Waals surface area contributed by atoms with Gasteiger partial charge in [-0.2, -0.15) is 0 Å². The summed E-state index contributed by atoms with van der Waals surface area (Å²) in [7, 11) is 0. The van der Waals surface area contributed by atoms with Crippen LogP contribution < -0.4 is 4.74 Å². The van der Waals surface area contributed by atoms with Gasteiger partial charge < -0.3 is 9.84 Å². The van der Waals surface area contributed by atoms with Crippen molar-refractivity contribution in [2.45, 2.75) is 6.61 Å². The molecule has 0 aliphatic heterocycles. The van der Waals surface area contributed by atoms with E-state index in [1.54, 1.807) is 5.38 Å². The number of rotatable bonds is 4. The van der Waals surface area contributed by atoms with Gasteiger partial charge in [0.1, 0.15) is 24.0 Å². The van der Waals surface area contributed by atoms with Gasteiger partial charge in [0.15, 0.2) is 4.88 Å². The average molecular weight is 270 g/mol. The van der Waals surface area contributed by atoms with Crippen molar-refractivity contribution in [1.82, 2.24) is 0 Å². The van der Waals surface area contributed by atoms with Gasteiger partial charge in [0.2, 0.25) is 0 Å². The molecule has 1 heterocycles. The molecule has 2 aromatic rings. The Balaban J connectivity index is 2.11. The summed E-state index contributed by atoms with van der Waals surface area (Å²) in [4.78, 5) is 10.9. The molecule has 1 aromatic carbocycles. The molecule has 1 aromatic heterocycles. The van der Waals surface area contributed by atoms with Gasteiger partial charge in [-0.3, -0.25) is 0 Å². The Morgan fingerprint density at radius 2 is 2.11 bits per heavy atom. The van der Waals surface area contributed by atoms with Gasteiger partial charge in [-0.05, 0) is 23.6 Å². The van der Waals surface area contributed by atoms with Crippen molar-refractivity contribution in [3.8, 4) is 5.75 Å². The fourth-order valence-electron chi connectivity index (χ4n) is 1.36. The van der Waals surface area contributed by atoms with E-state index in [0.29, 0.717) is 0 Å². The van der Waals surface area contributed by atoms with E-state index in [0.717, 1.165) is 23.5 Å². The summed E-state index contributed by atoms with van der Waals surface area (Å²) in [6.45, 7) is -0.150. The lowest BCUT2D eigenvalue weighted by Crippen LogP contribution is -2.02. The number of aromatic carboxylic acids is 1. The van der Waals surface area contributed by atoms with Crippen LogP contribution in [0.2, 0.25) is 0 Å². The third-order valence-corrected chi connectivity index (χ3v) is 3.11. The Bertz CT molecular complexity index is 580. The number of benzene rings is 1. The second kappa shape index (κ2) is 5.14. The van der Waals surface area contributed by atoms with Crippen LogP contribution in [0.4, 0.5) is 8.78 Å². The summed E-state index contributed by atoms with van der Waals surface area (Å²) >= 11 is 1.02. The van der Waals surface area contributed by atoms with Crippen molar-refractivity contribution in [3.63, 3.8) is 0 Å². The van der Waals surface area contributed by atoms with E-state index < -0.39 is 17.6 Å². The zero-order valence-corrected chi connectivity index (χ0v) is 9.84. The van der Waals surface area contributed by atoms with Gasteiger partial charge in [0.25, 0.3) is 0 Å². The first-order chi connectivity index (χ1) is 8.58. The molecule has 18 heavy (non-hydrogen) atoms. The van der Waals surface area contributed by atoms with Gasteiger partial charge in [0.05, 0.1) is 0 Å². The van der Waals surface area contributed by atoms with E-state index in [1.807, 2.05) is 0 Å². The second-order valence-electron chi connectivity index (χ2n) is 3.44. The van der Waals surface area contributed by atoms with Crippen LogP contribution in [-0.2, 0) is 6.61 Å². The zero-order chi connectivity index (χ0) is 13.1. The molecule has 1 N–H and O–H groups in total. The zero-order valence-electron chi connectivity index (χ0n) is 9.02. The molecule has 0 atom stereocenters. The maximum absolute atomic E-state index is 13.3. The molecule has 6 heteroatoms. The number of carbonyl (C=O) groups is 1. The fourth-order valence-corrected chi connectivity index (χ4v) is 2.03. The van der Waals surface area contributed by atoms with Gasteiger partial charge in [-0.1, -0.05) is 0 Å². The highest BCUT2D eigenvalue weighted by molar-refractivity contribution is 7.12. The van der Waals surface area contributed by atoms with E-state index in [-0.39, 0.29) is 22.8 Å². The van der Waals surface area contributed by atoms with Crippen LogP contribution in [0.5, 0.6) is 5.75 Å². The van der Waals surface area contributed by atoms with Crippen LogP contribution >= 0.6 is 11.3 Å². The van der Waals surface area contributed by atoms with E-state index in [1.165, 1.54) is 12.1 Å². The molecule has 0 aliphatic carbocycles. The lowest BCUT2D eigenvalue weighted by Gasteiger charge is -2.06. The van der Waals surface area contributed by atoms with Crippen LogP contribution in [0.15, 0.2) is 29.6 Å². The number of carboxylic acid groups (broad SMARTS) is 1. The molecule has 0 spiro atoms. The maximum Gasteiger partial charge on any atom is 0.349 e. The first-order valence-corrected chi connectivity index (χ1v) is 5.83. The fraction of sp³-hybridized carbons (Fsp3) is 0.0833. The van der Waals surface area contributed by atoms with E-state index >= 15 is 0 Å². The summed E-state index contributed by atoms with van der Waals surface area (Å²) in [5, 5.41) is 10.4. The average Bonchev–Trinajstić information content (AvgIpc) is 2.76. The third-order valence-electron chi connectivity index (χ3n) is 2.22. The van der Waals surface area contributed by atoms with Crippen LogP contribution in [0.3, 0.4) is 0 Å². The summed E-state index contributed by atoms with van der Waals surface area (Å²) in [6, 6.07) is 4.63. The molecular weight excluding hydrogens is 262 g/mol. The Kier molecular flexibility index (Phi) is 3.57. The molecule has 0 bridgehead atoms. The molecule has 0 amide bonds. The van der Waals surface area contributed by atoms with Crippen LogP contribution in [0, 0.1) is 11.6 Å². The summed E-state index contributed by atoms with van der Waals surface area (Å²) in [5.41, 5.74) is 0.166. The Morgan fingerprint density at radius 3 is 2.78 bits per heavy atom. The van der Waals surface area contributed by atoms with Crippen molar-refractivity contribution >= 4 is 17.3 Å². The number of thiophene rings is 1. The minimum atomic E-state index is -1.10. The standard InChI is InChI=1S/C12H8F2O3S/c13-8-2-1-7(9(14)5-8)6-17-10-3-4-18-11(10)12(15)16/h1-5H,6H2,(H,15,16). The van der Waals surface area contributed by atoms with Gasteiger partial charge in [-0.15, -0.1) is 11.3 Å². The molecule has 0 saturated carbocycles. The lowest BCUT2D eigenvalue weighted by molar-refractivity contribution is 0.0697. The Hall–Kier alpha value is -1.95. The van der Waals surface area contributed by atoms with Crippen LogP contribution in [0.25, 0.3) is 0 Å². The SMILES string of the molecule is O=C(O)c1sccc1OCc1ccc(F)cc1F. The topological polar surface area (TPSA) is 46.5 Å². The molecule has 0 unspecified atom stereocenters. The highest BCUT2D eigenvalue weighted by Crippen LogP contribution is 2.25. The molecule has 0 aliphatic rings. The molecule has 3 nitrogen and oxygen atoms in total. The maximum atomic E-state index is 13.3. The third kappa shape index (κ3) is 2.65. The highest BCUT2D eigenvalue weighted by atomic mass is 32.1. The van der Waals surface area contributed by atoms with Gasteiger partial charge in [0, 0.05) is 11.6 Å². The summed E-state index contributed by atoms with van der Waals surface area (Å²) in [6.07, 6.45) is 0. The molecule has 0 saturated heterocycles. The normalized spacial score (nSPS) is 10.3. The number of hydrogen-bond donors (Lipinski definition) is 1. The van der Waals surface area contributed by atoms with Crippen LogP contribution in [-0.4, -0.2) is 11.1 Å². The Labute approximate surface area is 105 Å². The number of hydrogen-bond acceptors (Lipinski definition) is 3. The molecule has 0 radical (unpaired) electrons. The van der Waals surface area contributed by atoms with E-state index in [9.17, 15) is 13.6 Å². The van der Waals surface area contributed by atoms with E-state index in [4.69, 9.17) is 9.84 Å². The van der Waals surface area contributed by atoms with Gasteiger partial charge >= 0.3 is 5.97 Å². The quantitative estimate of drug-likeness (QED) is 0.927. The minimum absolute atomic E-state index is 0.0533.